The van der Waals surface area contributed by atoms with E-state index in [-0.39, 0.29) is 11.7 Å². The van der Waals surface area contributed by atoms with Crippen LogP contribution < -0.4 is 10.2 Å². The van der Waals surface area contributed by atoms with Gasteiger partial charge in [-0.15, -0.1) is 0 Å². The molecular weight excluding hydrogens is 397 g/mol. The molecule has 0 saturated carbocycles. The fourth-order valence-electron chi connectivity index (χ4n) is 3.31. The van der Waals surface area contributed by atoms with Crippen molar-refractivity contribution >= 4 is 23.2 Å². The summed E-state index contributed by atoms with van der Waals surface area (Å²) in [5, 5.41) is 2.83. The van der Waals surface area contributed by atoms with Gasteiger partial charge in [0.2, 0.25) is 5.91 Å². The first-order valence-electron chi connectivity index (χ1n) is 9.59. The van der Waals surface area contributed by atoms with Gasteiger partial charge in [0.25, 0.3) is 0 Å². The molecule has 0 aliphatic carbocycles. The van der Waals surface area contributed by atoms with E-state index in [4.69, 9.17) is 0 Å². The number of piperazine rings is 1. The minimum absolute atomic E-state index is 0.0767. The molecule has 1 fully saturated rings. The standard InChI is InChI=1S/C21H23F3N4O2/c1-14(20(30)26-18-5-3-4-16(12-18)15(2)29)27-8-10-28(11-9-27)19-7-6-17(13-25-19)21(22,23)24/h3-7,12-14H,8-11H2,1-2H3,(H,26,30)/t14-/m0/s1. The third kappa shape index (κ3) is 5.15. The lowest BCUT2D eigenvalue weighted by molar-refractivity contribution is -0.137. The Morgan fingerprint density at radius 3 is 2.37 bits per heavy atom. The van der Waals surface area contributed by atoms with Crippen molar-refractivity contribution in [2.45, 2.75) is 26.1 Å². The predicted molar refractivity (Wildman–Crippen MR) is 108 cm³/mol. The van der Waals surface area contributed by atoms with Crippen molar-refractivity contribution in [1.29, 1.82) is 0 Å². The number of halogens is 3. The number of aromatic nitrogens is 1. The van der Waals surface area contributed by atoms with Crippen LogP contribution in [0.25, 0.3) is 0 Å². The van der Waals surface area contributed by atoms with Crippen LogP contribution in [0.4, 0.5) is 24.7 Å². The Balaban J connectivity index is 1.56. The van der Waals surface area contributed by atoms with E-state index in [9.17, 15) is 22.8 Å². The van der Waals surface area contributed by atoms with Crippen LogP contribution in [0.15, 0.2) is 42.6 Å². The van der Waals surface area contributed by atoms with Crippen molar-refractivity contribution in [2.24, 2.45) is 0 Å². The number of amides is 1. The molecule has 1 N–H and O–H groups in total. The molecule has 0 unspecified atom stereocenters. The molecule has 1 atom stereocenters. The number of Topliss-reactive ketones (excluding diaryl/α,β-unsaturated/α-hetero) is 1. The van der Waals surface area contributed by atoms with Gasteiger partial charge in [0.05, 0.1) is 11.6 Å². The van der Waals surface area contributed by atoms with Crippen LogP contribution in [0, 0.1) is 0 Å². The second kappa shape index (κ2) is 8.83. The molecule has 6 nitrogen and oxygen atoms in total. The Morgan fingerprint density at radius 2 is 1.80 bits per heavy atom. The lowest BCUT2D eigenvalue weighted by Gasteiger charge is -2.38. The Hall–Kier alpha value is -2.94. The number of carbonyl (C=O) groups excluding carboxylic acids is 2. The number of nitrogens with zero attached hydrogens (tertiary/aromatic N) is 3. The highest BCUT2D eigenvalue weighted by molar-refractivity contribution is 5.98. The van der Waals surface area contributed by atoms with E-state index < -0.39 is 17.8 Å². The summed E-state index contributed by atoms with van der Waals surface area (Å²) >= 11 is 0. The number of pyridine rings is 1. The van der Waals surface area contributed by atoms with Crippen molar-refractivity contribution in [3.63, 3.8) is 0 Å². The topological polar surface area (TPSA) is 65.5 Å². The fourth-order valence-corrected chi connectivity index (χ4v) is 3.31. The predicted octanol–water partition coefficient (Wildman–Crippen LogP) is 3.45. The van der Waals surface area contributed by atoms with Crippen LogP contribution in [0.1, 0.15) is 29.8 Å². The molecule has 1 saturated heterocycles. The average Bonchev–Trinajstić information content (AvgIpc) is 2.73. The summed E-state index contributed by atoms with van der Waals surface area (Å²) in [6, 6.07) is 8.78. The molecule has 1 aromatic carbocycles. The van der Waals surface area contributed by atoms with Gasteiger partial charge in [-0.25, -0.2) is 4.98 Å². The monoisotopic (exact) mass is 420 g/mol. The maximum atomic E-state index is 12.7. The van der Waals surface area contributed by atoms with Crippen LogP contribution in [-0.2, 0) is 11.0 Å². The number of anilines is 2. The highest BCUT2D eigenvalue weighted by Crippen LogP contribution is 2.29. The molecule has 0 radical (unpaired) electrons. The number of rotatable bonds is 5. The summed E-state index contributed by atoms with van der Waals surface area (Å²) in [7, 11) is 0. The van der Waals surface area contributed by atoms with E-state index >= 15 is 0 Å². The van der Waals surface area contributed by atoms with Gasteiger partial charge in [-0.1, -0.05) is 12.1 Å². The molecule has 9 heteroatoms. The third-order valence-electron chi connectivity index (χ3n) is 5.18. The van der Waals surface area contributed by atoms with Gasteiger partial charge in [0, 0.05) is 43.6 Å². The number of hydrogen-bond donors (Lipinski definition) is 1. The summed E-state index contributed by atoms with van der Waals surface area (Å²) in [6.45, 7) is 5.52. The summed E-state index contributed by atoms with van der Waals surface area (Å²) in [5.41, 5.74) is 0.314. The van der Waals surface area contributed by atoms with E-state index in [0.29, 0.717) is 43.2 Å². The van der Waals surface area contributed by atoms with Crippen molar-refractivity contribution in [1.82, 2.24) is 9.88 Å². The van der Waals surface area contributed by atoms with Crippen LogP contribution >= 0.6 is 0 Å². The van der Waals surface area contributed by atoms with E-state index in [2.05, 4.69) is 10.3 Å². The van der Waals surface area contributed by atoms with Crippen molar-refractivity contribution in [3.8, 4) is 0 Å². The third-order valence-corrected chi connectivity index (χ3v) is 5.18. The molecule has 2 aromatic rings. The lowest BCUT2D eigenvalue weighted by atomic mass is 10.1. The first-order chi connectivity index (χ1) is 14.1. The first kappa shape index (κ1) is 21.8. The molecule has 1 aromatic heterocycles. The van der Waals surface area contributed by atoms with Gasteiger partial charge < -0.3 is 10.2 Å². The van der Waals surface area contributed by atoms with Crippen LogP contribution in [0.5, 0.6) is 0 Å². The number of benzene rings is 1. The molecular formula is C21H23F3N4O2. The molecule has 160 valence electrons. The molecule has 2 heterocycles. The number of nitrogens with one attached hydrogen (secondary N) is 1. The SMILES string of the molecule is CC(=O)c1cccc(NC(=O)[C@H](C)N2CCN(c3ccc(C(F)(F)F)cn3)CC2)c1. The highest BCUT2D eigenvalue weighted by atomic mass is 19.4. The van der Waals surface area contributed by atoms with E-state index in [1.54, 1.807) is 31.2 Å². The summed E-state index contributed by atoms with van der Waals surface area (Å²) in [6.07, 6.45) is -3.57. The van der Waals surface area contributed by atoms with Gasteiger partial charge in [-0.2, -0.15) is 13.2 Å². The summed E-state index contributed by atoms with van der Waals surface area (Å²) in [5.74, 6) is 0.227. The summed E-state index contributed by atoms with van der Waals surface area (Å²) in [4.78, 5) is 31.9. The molecule has 30 heavy (non-hydrogen) atoms. The molecule has 1 amide bonds. The van der Waals surface area contributed by atoms with E-state index in [1.165, 1.54) is 13.0 Å². The van der Waals surface area contributed by atoms with E-state index in [0.717, 1.165) is 12.3 Å². The van der Waals surface area contributed by atoms with Crippen molar-refractivity contribution in [2.75, 3.05) is 36.4 Å². The minimum Gasteiger partial charge on any atom is -0.354 e. The maximum absolute atomic E-state index is 12.7. The van der Waals surface area contributed by atoms with Gasteiger partial charge in [-0.05, 0) is 38.1 Å². The lowest BCUT2D eigenvalue weighted by Crippen LogP contribution is -2.53. The normalized spacial score (nSPS) is 16.2. The molecule has 1 aliphatic heterocycles. The first-order valence-corrected chi connectivity index (χ1v) is 9.59. The van der Waals surface area contributed by atoms with Crippen molar-refractivity contribution in [3.05, 3.63) is 53.7 Å². The Morgan fingerprint density at radius 1 is 1.10 bits per heavy atom. The summed E-state index contributed by atoms with van der Waals surface area (Å²) < 4.78 is 38.0. The molecule has 0 bridgehead atoms. The molecule has 3 rings (SSSR count). The van der Waals surface area contributed by atoms with Gasteiger partial charge in [-0.3, -0.25) is 14.5 Å². The van der Waals surface area contributed by atoms with Crippen molar-refractivity contribution < 1.29 is 22.8 Å². The van der Waals surface area contributed by atoms with Gasteiger partial charge in [0.15, 0.2) is 5.78 Å². The second-order valence-electron chi connectivity index (χ2n) is 7.23. The Labute approximate surface area is 172 Å². The maximum Gasteiger partial charge on any atom is 0.417 e. The largest absolute Gasteiger partial charge is 0.417 e. The smallest absolute Gasteiger partial charge is 0.354 e. The van der Waals surface area contributed by atoms with Crippen LogP contribution in [-0.4, -0.2) is 53.8 Å². The Kier molecular flexibility index (Phi) is 6.40. The molecule has 0 spiro atoms. The number of carbonyl (C=O) groups is 2. The Bertz CT molecular complexity index is 907. The number of alkyl halides is 3. The molecule has 1 aliphatic rings. The van der Waals surface area contributed by atoms with Crippen LogP contribution in [0.2, 0.25) is 0 Å². The van der Waals surface area contributed by atoms with Crippen LogP contribution in [0.3, 0.4) is 0 Å². The average molecular weight is 420 g/mol. The zero-order chi connectivity index (χ0) is 21.9. The van der Waals surface area contributed by atoms with E-state index in [1.807, 2.05) is 9.80 Å². The zero-order valence-electron chi connectivity index (χ0n) is 16.7. The quantitative estimate of drug-likeness (QED) is 0.751. The number of ketones is 1. The zero-order valence-corrected chi connectivity index (χ0v) is 16.7. The second-order valence-corrected chi connectivity index (χ2v) is 7.23. The van der Waals surface area contributed by atoms with Gasteiger partial charge >= 0.3 is 6.18 Å². The number of hydrogen-bond acceptors (Lipinski definition) is 5. The fraction of sp³-hybridized carbons (Fsp3) is 0.381. The minimum atomic E-state index is -4.41. The van der Waals surface area contributed by atoms with Gasteiger partial charge in [0.1, 0.15) is 5.82 Å². The highest BCUT2D eigenvalue weighted by Gasteiger charge is 2.31.